The van der Waals surface area contributed by atoms with E-state index in [4.69, 9.17) is 4.42 Å². The van der Waals surface area contributed by atoms with Crippen molar-refractivity contribution in [2.75, 3.05) is 0 Å². The van der Waals surface area contributed by atoms with Crippen LogP contribution in [-0.2, 0) is 19.3 Å². The number of carbonyl (C=O) groups excluding carboxylic acids is 1. The summed E-state index contributed by atoms with van der Waals surface area (Å²) in [7, 11) is 0. The SMILES string of the molecule is O=C(C=C(O)c1ncn[nH]1)c1cc(Cc2ccncc2)c(CCc2ccccc2)o1. The number of H-pyrrole nitrogens is 1. The molecule has 7 nitrogen and oxygen atoms in total. The third-order valence-electron chi connectivity index (χ3n) is 4.69. The molecule has 0 aliphatic heterocycles. The Morgan fingerprint density at radius 1 is 1.07 bits per heavy atom. The molecule has 150 valence electrons. The minimum absolute atomic E-state index is 0.121. The lowest BCUT2D eigenvalue weighted by Gasteiger charge is -2.03. The van der Waals surface area contributed by atoms with Crippen molar-refractivity contribution < 1.29 is 14.3 Å². The summed E-state index contributed by atoms with van der Waals surface area (Å²) in [6.45, 7) is 0. The topological polar surface area (TPSA) is 105 Å². The van der Waals surface area contributed by atoms with Gasteiger partial charge in [-0.2, -0.15) is 5.10 Å². The van der Waals surface area contributed by atoms with Crippen molar-refractivity contribution in [1.82, 2.24) is 20.2 Å². The average Bonchev–Trinajstić information content (AvgIpc) is 3.44. The van der Waals surface area contributed by atoms with Gasteiger partial charge >= 0.3 is 0 Å². The Labute approximate surface area is 173 Å². The van der Waals surface area contributed by atoms with Crippen LogP contribution in [0.5, 0.6) is 0 Å². The zero-order chi connectivity index (χ0) is 20.8. The normalized spacial score (nSPS) is 11.5. The maximum Gasteiger partial charge on any atom is 0.224 e. The second kappa shape index (κ2) is 9.00. The molecule has 7 heteroatoms. The summed E-state index contributed by atoms with van der Waals surface area (Å²) >= 11 is 0. The van der Waals surface area contributed by atoms with Gasteiger partial charge in [-0.1, -0.05) is 30.3 Å². The first-order valence-electron chi connectivity index (χ1n) is 9.54. The van der Waals surface area contributed by atoms with Crippen molar-refractivity contribution in [2.45, 2.75) is 19.3 Å². The molecule has 30 heavy (non-hydrogen) atoms. The molecule has 0 aliphatic rings. The van der Waals surface area contributed by atoms with E-state index in [-0.39, 0.29) is 17.3 Å². The third-order valence-corrected chi connectivity index (χ3v) is 4.69. The fourth-order valence-corrected chi connectivity index (χ4v) is 3.16. The molecule has 0 bridgehead atoms. The standard InChI is InChI=1S/C23H20N4O3/c28-19(14-20(29)23-25-15-26-27-23)22-13-18(12-17-8-10-24-11-9-17)21(30-22)7-6-16-4-2-1-3-5-16/h1-5,8-11,13-15,29H,6-7,12H2,(H,25,26,27). The molecule has 4 rings (SSSR count). The summed E-state index contributed by atoms with van der Waals surface area (Å²) < 4.78 is 5.92. The number of aromatic amines is 1. The Morgan fingerprint density at radius 3 is 2.60 bits per heavy atom. The number of furan rings is 1. The van der Waals surface area contributed by atoms with E-state index in [9.17, 15) is 9.90 Å². The van der Waals surface area contributed by atoms with Crippen LogP contribution < -0.4 is 0 Å². The van der Waals surface area contributed by atoms with Gasteiger partial charge in [-0.05, 0) is 41.3 Å². The van der Waals surface area contributed by atoms with Crippen LogP contribution in [0.3, 0.4) is 0 Å². The van der Waals surface area contributed by atoms with Gasteiger partial charge in [-0.3, -0.25) is 14.9 Å². The first-order valence-corrected chi connectivity index (χ1v) is 9.54. The van der Waals surface area contributed by atoms with Crippen LogP contribution in [0.25, 0.3) is 5.76 Å². The molecule has 0 unspecified atom stereocenters. The monoisotopic (exact) mass is 400 g/mol. The van der Waals surface area contributed by atoms with Crippen LogP contribution in [0, 0.1) is 0 Å². The fraction of sp³-hybridized carbons (Fsp3) is 0.130. The summed E-state index contributed by atoms with van der Waals surface area (Å²) in [6, 6.07) is 15.7. The zero-order valence-corrected chi connectivity index (χ0v) is 16.2. The molecule has 2 N–H and O–H groups in total. The number of hydrogen-bond donors (Lipinski definition) is 2. The molecule has 3 heterocycles. The van der Waals surface area contributed by atoms with Gasteiger partial charge in [0, 0.05) is 31.3 Å². The zero-order valence-electron chi connectivity index (χ0n) is 16.2. The Hall–Kier alpha value is -4.00. The Balaban J connectivity index is 1.59. The van der Waals surface area contributed by atoms with Crippen LogP contribution in [0.4, 0.5) is 0 Å². The number of aliphatic hydroxyl groups excluding tert-OH is 1. The van der Waals surface area contributed by atoms with E-state index < -0.39 is 5.78 Å². The van der Waals surface area contributed by atoms with Gasteiger partial charge in [0.15, 0.2) is 17.3 Å². The highest BCUT2D eigenvalue weighted by Crippen LogP contribution is 2.22. The minimum atomic E-state index is -0.439. The van der Waals surface area contributed by atoms with E-state index in [1.807, 2.05) is 30.3 Å². The van der Waals surface area contributed by atoms with Crippen molar-refractivity contribution in [2.24, 2.45) is 0 Å². The first kappa shape index (κ1) is 19.3. The number of aliphatic hydroxyl groups is 1. The van der Waals surface area contributed by atoms with E-state index in [2.05, 4.69) is 32.3 Å². The highest BCUT2D eigenvalue weighted by molar-refractivity contribution is 6.05. The molecule has 0 saturated heterocycles. The number of aromatic nitrogens is 4. The maximum atomic E-state index is 12.6. The highest BCUT2D eigenvalue weighted by Gasteiger charge is 2.17. The molecule has 0 atom stereocenters. The average molecular weight is 400 g/mol. The van der Waals surface area contributed by atoms with Crippen molar-refractivity contribution >= 4 is 11.5 Å². The highest BCUT2D eigenvalue weighted by atomic mass is 16.3. The molecule has 3 aromatic heterocycles. The van der Waals surface area contributed by atoms with Gasteiger partial charge < -0.3 is 9.52 Å². The number of nitrogens with zero attached hydrogens (tertiary/aromatic N) is 3. The summed E-state index contributed by atoms with van der Waals surface area (Å²) in [5.74, 6) is 0.317. The van der Waals surface area contributed by atoms with Crippen molar-refractivity contribution in [1.29, 1.82) is 0 Å². The van der Waals surface area contributed by atoms with Crippen LogP contribution in [0.2, 0.25) is 0 Å². The lowest BCUT2D eigenvalue weighted by molar-refractivity contribution is 0.101. The summed E-state index contributed by atoms with van der Waals surface area (Å²) in [5, 5.41) is 16.2. The molecule has 0 saturated carbocycles. The van der Waals surface area contributed by atoms with Crippen molar-refractivity contribution in [3.8, 4) is 0 Å². The van der Waals surface area contributed by atoms with Crippen molar-refractivity contribution in [3.05, 3.63) is 107 Å². The van der Waals surface area contributed by atoms with Gasteiger partial charge in [-0.15, -0.1) is 0 Å². The Morgan fingerprint density at radius 2 is 1.87 bits per heavy atom. The first-order chi connectivity index (χ1) is 14.7. The summed E-state index contributed by atoms with van der Waals surface area (Å²) in [6.07, 6.45) is 7.90. The number of benzene rings is 1. The molecular weight excluding hydrogens is 380 g/mol. The third kappa shape index (κ3) is 4.70. The van der Waals surface area contributed by atoms with E-state index in [1.165, 1.54) is 11.9 Å². The number of rotatable bonds is 8. The molecule has 0 radical (unpaired) electrons. The van der Waals surface area contributed by atoms with Gasteiger partial charge in [0.1, 0.15) is 12.1 Å². The minimum Gasteiger partial charge on any atom is -0.504 e. The number of hydrogen-bond acceptors (Lipinski definition) is 6. The number of ketones is 1. The molecule has 0 fully saturated rings. The van der Waals surface area contributed by atoms with Crippen LogP contribution in [-0.4, -0.2) is 31.1 Å². The second-order valence-corrected chi connectivity index (χ2v) is 6.80. The number of carbonyl (C=O) groups is 1. The van der Waals surface area contributed by atoms with E-state index in [0.717, 1.165) is 29.4 Å². The number of allylic oxidation sites excluding steroid dienone is 1. The van der Waals surface area contributed by atoms with Crippen LogP contribution in [0.15, 0.2) is 77.7 Å². The van der Waals surface area contributed by atoms with E-state index in [0.29, 0.717) is 12.8 Å². The molecule has 0 aliphatic carbocycles. The van der Waals surface area contributed by atoms with Crippen LogP contribution >= 0.6 is 0 Å². The summed E-state index contributed by atoms with van der Waals surface area (Å²) in [4.78, 5) is 20.5. The van der Waals surface area contributed by atoms with Gasteiger partial charge in [0.2, 0.25) is 5.78 Å². The molecular formula is C23H20N4O3. The Bertz CT molecular complexity index is 1130. The van der Waals surface area contributed by atoms with Gasteiger partial charge in [0.25, 0.3) is 0 Å². The number of nitrogens with one attached hydrogen (secondary N) is 1. The predicted octanol–water partition coefficient (Wildman–Crippen LogP) is 3.95. The van der Waals surface area contributed by atoms with Crippen molar-refractivity contribution in [3.63, 3.8) is 0 Å². The van der Waals surface area contributed by atoms with Gasteiger partial charge in [0.05, 0.1) is 0 Å². The quantitative estimate of drug-likeness (QED) is 0.264. The smallest absolute Gasteiger partial charge is 0.224 e. The lowest BCUT2D eigenvalue weighted by Crippen LogP contribution is -1.96. The predicted molar refractivity (Wildman–Crippen MR) is 111 cm³/mol. The second-order valence-electron chi connectivity index (χ2n) is 6.80. The largest absolute Gasteiger partial charge is 0.504 e. The van der Waals surface area contributed by atoms with Crippen LogP contribution in [0.1, 0.15) is 38.8 Å². The molecule has 1 aromatic carbocycles. The van der Waals surface area contributed by atoms with E-state index in [1.54, 1.807) is 18.5 Å². The molecule has 4 aromatic rings. The van der Waals surface area contributed by atoms with Gasteiger partial charge in [-0.25, -0.2) is 4.98 Å². The maximum absolute atomic E-state index is 12.6. The van der Waals surface area contributed by atoms with E-state index >= 15 is 0 Å². The lowest BCUT2D eigenvalue weighted by atomic mass is 10.0. The molecule has 0 spiro atoms. The Kier molecular flexibility index (Phi) is 5.80. The number of pyridine rings is 1. The number of aryl methyl sites for hydroxylation is 2. The fourth-order valence-electron chi connectivity index (χ4n) is 3.16. The summed E-state index contributed by atoms with van der Waals surface area (Å²) in [5.41, 5.74) is 3.21. The molecule has 0 amide bonds.